The van der Waals surface area contributed by atoms with Crippen LogP contribution < -0.4 is 5.32 Å². The van der Waals surface area contributed by atoms with Crippen molar-refractivity contribution in [3.63, 3.8) is 0 Å². The number of aryl methyl sites for hydroxylation is 1. The van der Waals surface area contributed by atoms with Gasteiger partial charge in [-0.15, -0.1) is 0 Å². The lowest BCUT2D eigenvalue weighted by Crippen LogP contribution is -2.41. The van der Waals surface area contributed by atoms with Gasteiger partial charge in [-0.25, -0.2) is 4.79 Å². The van der Waals surface area contributed by atoms with E-state index in [1.54, 1.807) is 22.8 Å². The van der Waals surface area contributed by atoms with E-state index in [0.717, 1.165) is 18.5 Å². The van der Waals surface area contributed by atoms with Crippen LogP contribution in [-0.2, 0) is 18.3 Å². The molecule has 0 bridgehead atoms. The number of aliphatic hydroxyl groups excluding tert-OH is 1. The van der Waals surface area contributed by atoms with Crippen LogP contribution in [0.3, 0.4) is 0 Å². The Morgan fingerprint density at radius 3 is 2.95 bits per heavy atom. The predicted octanol–water partition coefficient (Wildman–Crippen LogP) is 0.101. The van der Waals surface area contributed by atoms with E-state index in [0.29, 0.717) is 13.1 Å². The molecule has 7 nitrogen and oxygen atoms in total. The molecule has 1 aromatic heterocycles. The zero-order valence-corrected chi connectivity index (χ0v) is 12.0. The molecule has 0 spiro atoms. The smallest absolute Gasteiger partial charge is 0.317 e. The van der Waals surface area contributed by atoms with Crippen molar-refractivity contribution in [2.75, 3.05) is 20.2 Å². The third kappa shape index (κ3) is 3.71. The van der Waals surface area contributed by atoms with Crippen molar-refractivity contribution in [1.29, 1.82) is 0 Å². The van der Waals surface area contributed by atoms with Crippen molar-refractivity contribution in [2.24, 2.45) is 7.05 Å². The number of rotatable bonds is 5. The number of hydrogen-bond acceptors (Lipinski definition) is 4. The molecule has 0 aliphatic carbocycles. The monoisotopic (exact) mass is 282 g/mol. The van der Waals surface area contributed by atoms with E-state index < -0.39 is 0 Å². The van der Waals surface area contributed by atoms with E-state index in [1.165, 1.54) is 0 Å². The molecule has 2 heterocycles. The number of aromatic nitrogens is 2. The predicted molar refractivity (Wildman–Crippen MR) is 73.1 cm³/mol. The van der Waals surface area contributed by atoms with Gasteiger partial charge in [-0.1, -0.05) is 0 Å². The van der Waals surface area contributed by atoms with Crippen LogP contribution in [0.5, 0.6) is 0 Å². The topological polar surface area (TPSA) is 79.6 Å². The molecule has 0 aromatic carbocycles. The van der Waals surface area contributed by atoms with E-state index in [2.05, 4.69) is 10.4 Å². The summed E-state index contributed by atoms with van der Waals surface area (Å²) in [6.07, 6.45) is 3.35. The summed E-state index contributed by atoms with van der Waals surface area (Å²) in [5, 5.41) is 15.9. The molecule has 0 radical (unpaired) electrons. The Bertz CT molecular complexity index is 449. The fourth-order valence-electron chi connectivity index (χ4n) is 2.27. The molecule has 7 heteroatoms. The average Bonchev–Trinajstić information content (AvgIpc) is 3.05. The van der Waals surface area contributed by atoms with Gasteiger partial charge in [0.05, 0.1) is 31.1 Å². The van der Waals surface area contributed by atoms with Crippen LogP contribution in [0.4, 0.5) is 4.79 Å². The zero-order valence-electron chi connectivity index (χ0n) is 12.0. The number of aliphatic hydroxyl groups is 1. The first-order valence-electron chi connectivity index (χ1n) is 6.82. The summed E-state index contributed by atoms with van der Waals surface area (Å²) in [5.74, 6) is 0. The zero-order chi connectivity index (χ0) is 14.5. The number of amides is 2. The summed E-state index contributed by atoms with van der Waals surface area (Å²) >= 11 is 0. The van der Waals surface area contributed by atoms with Gasteiger partial charge in [0.25, 0.3) is 0 Å². The highest BCUT2D eigenvalue weighted by atomic mass is 16.5. The fourth-order valence-corrected chi connectivity index (χ4v) is 2.27. The van der Waals surface area contributed by atoms with Gasteiger partial charge >= 0.3 is 6.03 Å². The minimum atomic E-state index is -0.137. The minimum Gasteiger partial charge on any atom is -0.394 e. The molecule has 0 unspecified atom stereocenters. The van der Waals surface area contributed by atoms with Crippen molar-refractivity contribution in [3.8, 4) is 0 Å². The molecule has 2 atom stereocenters. The quantitative estimate of drug-likeness (QED) is 0.803. The number of nitrogens with one attached hydrogen (secondary N) is 1. The Kier molecular flexibility index (Phi) is 4.97. The maximum absolute atomic E-state index is 12.0. The van der Waals surface area contributed by atoms with E-state index in [1.807, 2.05) is 13.1 Å². The molecule has 112 valence electrons. The number of urea groups is 1. The highest BCUT2D eigenvalue weighted by Gasteiger charge is 2.25. The molecule has 1 aliphatic rings. The lowest BCUT2D eigenvalue weighted by Gasteiger charge is -2.19. The second-order valence-electron chi connectivity index (χ2n) is 5.13. The summed E-state index contributed by atoms with van der Waals surface area (Å²) < 4.78 is 7.31. The molecule has 1 aromatic rings. The first kappa shape index (κ1) is 14.8. The summed E-state index contributed by atoms with van der Waals surface area (Å²) in [5.41, 5.74) is 0.972. The van der Waals surface area contributed by atoms with Crippen LogP contribution >= 0.6 is 0 Å². The lowest BCUT2D eigenvalue weighted by atomic mass is 10.2. The Balaban J connectivity index is 1.73. The summed E-state index contributed by atoms with van der Waals surface area (Å²) in [6, 6.07) is 1.75. The normalized spacial score (nSPS) is 21.9. The van der Waals surface area contributed by atoms with Gasteiger partial charge in [0.2, 0.25) is 0 Å². The Morgan fingerprint density at radius 1 is 1.60 bits per heavy atom. The van der Waals surface area contributed by atoms with Gasteiger partial charge in [0, 0.05) is 26.8 Å². The third-order valence-electron chi connectivity index (χ3n) is 3.55. The van der Waals surface area contributed by atoms with Crippen molar-refractivity contribution in [2.45, 2.75) is 31.6 Å². The molecule has 2 N–H and O–H groups in total. The van der Waals surface area contributed by atoms with Gasteiger partial charge in [0.1, 0.15) is 0 Å². The number of carbonyl (C=O) groups is 1. The van der Waals surface area contributed by atoms with Gasteiger partial charge in [0.15, 0.2) is 0 Å². The maximum atomic E-state index is 12.0. The first-order chi connectivity index (χ1) is 9.60. The largest absolute Gasteiger partial charge is 0.394 e. The second kappa shape index (κ2) is 6.71. The fraction of sp³-hybridized carbons (Fsp3) is 0.692. The molecule has 2 rings (SSSR count). The molecular weight excluding hydrogens is 260 g/mol. The van der Waals surface area contributed by atoms with Crippen molar-refractivity contribution < 1.29 is 14.6 Å². The van der Waals surface area contributed by atoms with Crippen LogP contribution in [0.2, 0.25) is 0 Å². The average molecular weight is 282 g/mol. The van der Waals surface area contributed by atoms with Crippen LogP contribution in [-0.4, -0.2) is 58.2 Å². The second-order valence-corrected chi connectivity index (χ2v) is 5.13. The number of hydrogen-bond donors (Lipinski definition) is 2. The van der Waals surface area contributed by atoms with E-state index in [-0.39, 0.29) is 24.8 Å². The Morgan fingerprint density at radius 2 is 2.35 bits per heavy atom. The van der Waals surface area contributed by atoms with Gasteiger partial charge in [-0.3, -0.25) is 4.68 Å². The number of nitrogens with zero attached hydrogens (tertiary/aromatic N) is 3. The standard InChI is InChI=1S/C13H22N4O3/c1-16(8-10-5-6-15-17(10)2)13(19)14-7-11-3-4-12(9-18)20-11/h5-6,11-12,18H,3-4,7-9H2,1-2H3,(H,14,19)/t11-,12+/m1/s1. The number of carbonyl (C=O) groups excluding carboxylic acids is 1. The molecule has 20 heavy (non-hydrogen) atoms. The molecule has 2 amide bonds. The van der Waals surface area contributed by atoms with Crippen LogP contribution in [0.25, 0.3) is 0 Å². The maximum Gasteiger partial charge on any atom is 0.317 e. The lowest BCUT2D eigenvalue weighted by molar-refractivity contribution is 0.0130. The summed E-state index contributed by atoms with van der Waals surface area (Å²) in [4.78, 5) is 13.6. The van der Waals surface area contributed by atoms with Gasteiger partial charge < -0.3 is 20.1 Å². The van der Waals surface area contributed by atoms with Gasteiger partial charge in [-0.2, -0.15) is 5.10 Å². The third-order valence-corrected chi connectivity index (χ3v) is 3.55. The van der Waals surface area contributed by atoms with E-state index >= 15 is 0 Å². The SMILES string of the molecule is CN(Cc1ccnn1C)C(=O)NC[C@H]1CC[C@@H](CO)O1. The molecule has 1 saturated heterocycles. The van der Waals surface area contributed by atoms with Crippen LogP contribution in [0.1, 0.15) is 18.5 Å². The molecule has 1 fully saturated rings. The molecule has 1 aliphatic heterocycles. The van der Waals surface area contributed by atoms with Crippen molar-refractivity contribution in [1.82, 2.24) is 20.0 Å². The molecular formula is C13H22N4O3. The number of ether oxygens (including phenoxy) is 1. The minimum absolute atomic E-state index is 0.00111. The molecule has 0 saturated carbocycles. The highest BCUT2D eigenvalue weighted by Crippen LogP contribution is 2.18. The van der Waals surface area contributed by atoms with Crippen LogP contribution in [0.15, 0.2) is 12.3 Å². The Labute approximate surface area is 118 Å². The van der Waals surface area contributed by atoms with Crippen molar-refractivity contribution in [3.05, 3.63) is 18.0 Å². The van der Waals surface area contributed by atoms with Gasteiger partial charge in [-0.05, 0) is 18.9 Å². The van der Waals surface area contributed by atoms with E-state index in [9.17, 15) is 4.79 Å². The van der Waals surface area contributed by atoms with Crippen molar-refractivity contribution >= 4 is 6.03 Å². The van der Waals surface area contributed by atoms with E-state index in [4.69, 9.17) is 9.84 Å². The Hall–Kier alpha value is -1.60. The summed E-state index contributed by atoms with van der Waals surface area (Å²) in [6.45, 7) is 1.03. The highest BCUT2D eigenvalue weighted by molar-refractivity contribution is 5.73. The first-order valence-corrected chi connectivity index (χ1v) is 6.82. The summed E-state index contributed by atoms with van der Waals surface area (Å²) in [7, 11) is 3.59. The van der Waals surface area contributed by atoms with Crippen LogP contribution in [0, 0.1) is 0 Å².